The summed E-state index contributed by atoms with van der Waals surface area (Å²) in [6, 6.07) is 10.0. The zero-order valence-corrected chi connectivity index (χ0v) is 15.1. The number of thiazole rings is 1. The van der Waals surface area contributed by atoms with E-state index in [1.807, 2.05) is 24.3 Å². The Labute approximate surface area is 153 Å². The fraction of sp³-hybridized carbons (Fsp3) is 0.294. The molecule has 0 radical (unpaired) electrons. The maximum Gasteiger partial charge on any atom is 0.186 e. The number of hydrogen-bond acceptors (Lipinski definition) is 8. The van der Waals surface area contributed by atoms with E-state index < -0.39 is 0 Å². The van der Waals surface area contributed by atoms with Gasteiger partial charge < -0.3 is 14.5 Å². The van der Waals surface area contributed by atoms with E-state index in [1.54, 1.807) is 29.3 Å². The van der Waals surface area contributed by atoms with E-state index in [-0.39, 0.29) is 0 Å². The predicted octanol–water partition coefficient (Wildman–Crippen LogP) is 2.07. The fourth-order valence-corrected chi connectivity index (χ4v) is 4.26. The number of anilines is 2. The van der Waals surface area contributed by atoms with Gasteiger partial charge in [-0.05, 0) is 24.3 Å². The predicted molar refractivity (Wildman–Crippen MR) is 101 cm³/mol. The van der Waals surface area contributed by atoms with Crippen LogP contribution in [0.3, 0.4) is 0 Å². The summed E-state index contributed by atoms with van der Waals surface area (Å²) in [5.74, 6) is 1.78. The molecule has 0 spiro atoms. The second-order valence-corrected chi connectivity index (χ2v) is 7.11. The molecule has 0 aliphatic carbocycles. The summed E-state index contributed by atoms with van der Waals surface area (Å²) in [5.41, 5.74) is 1.70. The Hall–Kier alpha value is -2.94. The standard InChI is InChI=1S/C17H17N7OS/c1-25-12-3-2-4-13-16(12)19-17(26-13)23-9-7-22(8-10-23)15-6-5-14-20-18-11-24(14)21-15/h2-6,11H,7-10H2,1H3. The summed E-state index contributed by atoms with van der Waals surface area (Å²) < 4.78 is 8.29. The number of hydrogen-bond donors (Lipinski definition) is 0. The minimum atomic E-state index is 0.760. The summed E-state index contributed by atoms with van der Waals surface area (Å²) in [6.07, 6.45) is 1.63. The van der Waals surface area contributed by atoms with E-state index >= 15 is 0 Å². The maximum absolute atomic E-state index is 5.43. The highest BCUT2D eigenvalue weighted by molar-refractivity contribution is 7.22. The van der Waals surface area contributed by atoms with Crippen molar-refractivity contribution in [3.8, 4) is 5.75 Å². The lowest BCUT2D eigenvalue weighted by molar-refractivity contribution is 0.419. The quantitative estimate of drug-likeness (QED) is 0.549. The van der Waals surface area contributed by atoms with Crippen LogP contribution in [0.15, 0.2) is 36.7 Å². The molecule has 1 aromatic carbocycles. The minimum Gasteiger partial charge on any atom is -0.494 e. The topological polar surface area (TPSA) is 71.7 Å². The van der Waals surface area contributed by atoms with Crippen molar-refractivity contribution in [1.29, 1.82) is 0 Å². The fourth-order valence-electron chi connectivity index (χ4n) is 3.23. The summed E-state index contributed by atoms with van der Waals surface area (Å²) in [5, 5.41) is 13.5. The van der Waals surface area contributed by atoms with Crippen LogP contribution in [-0.4, -0.2) is 58.1 Å². The number of para-hydroxylation sites is 1. The van der Waals surface area contributed by atoms with Crippen LogP contribution >= 0.6 is 11.3 Å². The molecule has 0 saturated carbocycles. The lowest BCUT2D eigenvalue weighted by Crippen LogP contribution is -2.46. The number of methoxy groups -OCH3 is 1. The van der Waals surface area contributed by atoms with Crippen molar-refractivity contribution < 1.29 is 4.74 Å². The monoisotopic (exact) mass is 367 g/mol. The zero-order valence-electron chi connectivity index (χ0n) is 14.2. The Morgan fingerprint density at radius 3 is 2.73 bits per heavy atom. The molecule has 1 fully saturated rings. The van der Waals surface area contributed by atoms with Crippen LogP contribution in [0.25, 0.3) is 15.9 Å². The molecular weight excluding hydrogens is 350 g/mol. The van der Waals surface area contributed by atoms with Gasteiger partial charge in [-0.1, -0.05) is 17.4 Å². The largest absolute Gasteiger partial charge is 0.494 e. The molecule has 0 amide bonds. The average Bonchev–Trinajstić information content (AvgIpc) is 3.34. The minimum absolute atomic E-state index is 0.760. The van der Waals surface area contributed by atoms with Crippen LogP contribution < -0.4 is 14.5 Å². The van der Waals surface area contributed by atoms with E-state index in [4.69, 9.17) is 9.72 Å². The molecule has 4 aromatic rings. The van der Waals surface area contributed by atoms with Gasteiger partial charge in [-0.15, -0.1) is 15.3 Å². The molecule has 3 aromatic heterocycles. The van der Waals surface area contributed by atoms with Crippen LogP contribution in [0.1, 0.15) is 0 Å². The van der Waals surface area contributed by atoms with Gasteiger partial charge >= 0.3 is 0 Å². The van der Waals surface area contributed by atoms with Gasteiger partial charge in [-0.25, -0.2) is 4.98 Å². The van der Waals surface area contributed by atoms with Gasteiger partial charge in [0.05, 0.1) is 11.8 Å². The Kier molecular flexibility index (Phi) is 3.59. The van der Waals surface area contributed by atoms with Crippen LogP contribution in [0.5, 0.6) is 5.75 Å². The highest BCUT2D eigenvalue weighted by Crippen LogP contribution is 2.34. The molecule has 132 valence electrons. The molecule has 8 nitrogen and oxygen atoms in total. The SMILES string of the molecule is COc1cccc2sc(N3CCN(c4ccc5nncn5n4)CC3)nc12. The molecule has 1 saturated heterocycles. The van der Waals surface area contributed by atoms with E-state index in [9.17, 15) is 0 Å². The van der Waals surface area contributed by atoms with Crippen molar-refractivity contribution in [1.82, 2.24) is 24.8 Å². The van der Waals surface area contributed by atoms with Gasteiger partial charge in [0.1, 0.15) is 23.4 Å². The van der Waals surface area contributed by atoms with Crippen LogP contribution in [0, 0.1) is 0 Å². The van der Waals surface area contributed by atoms with Gasteiger partial charge in [0.2, 0.25) is 0 Å². The zero-order chi connectivity index (χ0) is 17.5. The van der Waals surface area contributed by atoms with Gasteiger partial charge in [-0.3, -0.25) is 0 Å². The molecule has 0 atom stereocenters. The summed E-state index contributed by atoms with van der Waals surface area (Å²) in [6.45, 7) is 3.61. The number of rotatable bonds is 3. The number of ether oxygens (including phenoxy) is 1. The number of aromatic nitrogens is 5. The van der Waals surface area contributed by atoms with Crippen molar-refractivity contribution in [3.05, 3.63) is 36.7 Å². The first-order valence-corrected chi connectivity index (χ1v) is 9.24. The number of nitrogens with zero attached hydrogens (tertiary/aromatic N) is 7. The number of piperazine rings is 1. The van der Waals surface area contributed by atoms with Crippen molar-refractivity contribution in [2.24, 2.45) is 0 Å². The third-order valence-corrected chi connectivity index (χ3v) is 5.69. The second kappa shape index (κ2) is 6.10. The van der Waals surface area contributed by atoms with E-state index in [0.717, 1.165) is 58.7 Å². The van der Waals surface area contributed by atoms with Crippen molar-refractivity contribution >= 4 is 38.2 Å². The van der Waals surface area contributed by atoms with Gasteiger partial charge in [-0.2, -0.15) is 4.52 Å². The Morgan fingerprint density at radius 2 is 1.88 bits per heavy atom. The number of fused-ring (bicyclic) bond motifs is 2. The molecular formula is C17H17N7OS. The van der Waals surface area contributed by atoms with Crippen molar-refractivity contribution in [3.63, 3.8) is 0 Å². The second-order valence-electron chi connectivity index (χ2n) is 6.10. The smallest absolute Gasteiger partial charge is 0.186 e. The average molecular weight is 367 g/mol. The van der Waals surface area contributed by atoms with Gasteiger partial charge in [0, 0.05) is 26.2 Å². The lowest BCUT2D eigenvalue weighted by Gasteiger charge is -2.35. The number of benzene rings is 1. The summed E-state index contributed by atoms with van der Waals surface area (Å²) in [7, 11) is 1.69. The normalized spacial score (nSPS) is 15.1. The van der Waals surface area contributed by atoms with Crippen LogP contribution in [0.4, 0.5) is 10.9 Å². The van der Waals surface area contributed by atoms with Crippen LogP contribution in [0.2, 0.25) is 0 Å². The van der Waals surface area contributed by atoms with Crippen molar-refractivity contribution in [2.45, 2.75) is 0 Å². The first-order valence-electron chi connectivity index (χ1n) is 8.42. The summed E-state index contributed by atoms with van der Waals surface area (Å²) in [4.78, 5) is 9.42. The molecule has 4 heterocycles. The molecule has 1 aliphatic heterocycles. The molecule has 1 aliphatic rings. The van der Waals surface area contributed by atoms with Crippen molar-refractivity contribution in [2.75, 3.05) is 43.1 Å². The molecule has 26 heavy (non-hydrogen) atoms. The van der Waals surface area contributed by atoms with E-state index in [1.165, 1.54) is 0 Å². The lowest BCUT2D eigenvalue weighted by atomic mass is 10.3. The van der Waals surface area contributed by atoms with Gasteiger partial charge in [0.25, 0.3) is 0 Å². The molecule has 0 bridgehead atoms. The van der Waals surface area contributed by atoms with E-state index in [0.29, 0.717) is 0 Å². The molecule has 0 unspecified atom stereocenters. The Balaban J connectivity index is 1.35. The molecule has 0 N–H and O–H groups in total. The van der Waals surface area contributed by atoms with Gasteiger partial charge in [0.15, 0.2) is 10.8 Å². The highest BCUT2D eigenvalue weighted by atomic mass is 32.1. The highest BCUT2D eigenvalue weighted by Gasteiger charge is 2.21. The van der Waals surface area contributed by atoms with Crippen LogP contribution in [-0.2, 0) is 0 Å². The molecule has 9 heteroatoms. The van der Waals surface area contributed by atoms with E-state index in [2.05, 4.69) is 31.2 Å². The third-order valence-electron chi connectivity index (χ3n) is 4.61. The third kappa shape index (κ3) is 2.51. The Morgan fingerprint density at radius 1 is 1.04 bits per heavy atom. The first-order chi connectivity index (χ1) is 12.8. The maximum atomic E-state index is 5.43. The Bertz CT molecular complexity index is 1070. The summed E-state index contributed by atoms with van der Waals surface area (Å²) >= 11 is 1.71. The first kappa shape index (κ1) is 15.3. The molecule has 5 rings (SSSR count).